The third-order valence-corrected chi connectivity index (χ3v) is 30.8. The Morgan fingerprint density at radius 2 is 0.386 bits per heavy atom. The molecule has 0 amide bonds. The molecule has 8 rings (SSSR count). The molecule has 0 saturated heterocycles. The van der Waals surface area contributed by atoms with Gasteiger partial charge in [-0.25, -0.2) is 37.3 Å². The number of hydrogen-bond acceptors (Lipinski definition) is 10. The molecule has 8 aromatic rings. The predicted octanol–water partition coefficient (Wildman–Crippen LogP) is 1.55. The molecule has 0 fully saturated rings. The quantitative estimate of drug-likeness (QED) is 0.0754. The molecule has 18 heteroatoms. The van der Waals surface area contributed by atoms with Crippen molar-refractivity contribution in [1.29, 1.82) is 0 Å². The number of rotatable bonds is 12. The maximum atomic E-state index is 8.49. The van der Waals surface area contributed by atoms with Crippen LogP contribution >= 0.6 is 27.5 Å². The molecule has 70 heavy (non-hydrogen) atoms. The van der Waals surface area contributed by atoms with Crippen molar-refractivity contribution >= 4 is 94.4 Å². The van der Waals surface area contributed by atoms with E-state index < -0.39 is 47.9 Å². The number of halogens is 2. The van der Waals surface area contributed by atoms with Gasteiger partial charge in [-0.05, 0) is 123 Å². The summed E-state index contributed by atoms with van der Waals surface area (Å²) in [6.07, 6.45) is 0. The van der Waals surface area contributed by atoms with Gasteiger partial charge in [0.15, 0.2) is 0 Å². The minimum atomic E-state index is -4.94. The summed E-state index contributed by atoms with van der Waals surface area (Å²) in [4.78, 5) is 0. The molecule has 0 N–H and O–H groups in total. The Hall–Kier alpha value is -2.08. The van der Waals surface area contributed by atoms with E-state index in [0.29, 0.717) is 0 Å². The van der Waals surface area contributed by atoms with Crippen molar-refractivity contribution < 1.29 is 103 Å². The summed E-state index contributed by atoms with van der Waals surface area (Å²) < 4.78 is 67.9. The van der Waals surface area contributed by atoms with E-state index in [9.17, 15) is 0 Å². The normalized spacial score (nSPS) is 11.6. The molecule has 0 saturated carbocycles. The number of hydrogen-bond donors (Lipinski definition) is 0. The molecule has 372 valence electrons. The van der Waals surface area contributed by atoms with E-state index in [2.05, 4.69) is 268 Å². The van der Waals surface area contributed by atoms with Gasteiger partial charge in [-0.1, -0.05) is 146 Å². The van der Waals surface area contributed by atoms with Crippen molar-refractivity contribution in [3.05, 3.63) is 254 Å². The van der Waals surface area contributed by atoms with E-state index in [0.717, 1.165) is 0 Å². The van der Waals surface area contributed by atoms with Crippen molar-refractivity contribution in [3.63, 3.8) is 0 Å². The Kier molecular flexibility index (Phi) is 25.9. The summed E-state index contributed by atoms with van der Waals surface area (Å²) in [7, 11) is -13.5. The monoisotopic (exact) mass is 1270 g/mol. The summed E-state index contributed by atoms with van der Waals surface area (Å²) in [5.74, 6) is 5.12. The zero-order chi connectivity index (χ0) is 49.3. The first kappa shape index (κ1) is 62.2. The Morgan fingerprint density at radius 3 is 0.514 bits per heavy atom. The van der Waals surface area contributed by atoms with Crippen molar-refractivity contribution in [2.24, 2.45) is 0 Å². The van der Waals surface area contributed by atoms with Crippen LogP contribution in [0, 0.1) is 32.3 Å². The van der Waals surface area contributed by atoms with Gasteiger partial charge in [-0.15, -0.1) is 33.4 Å². The van der Waals surface area contributed by atoms with E-state index >= 15 is 0 Å². The van der Waals surface area contributed by atoms with Gasteiger partial charge in [-0.2, -0.15) is 0 Å². The van der Waals surface area contributed by atoms with E-state index in [-0.39, 0.29) is 44.8 Å². The van der Waals surface area contributed by atoms with Crippen LogP contribution in [0.5, 0.6) is 0 Å². The first-order chi connectivity index (χ1) is 32.3. The minimum absolute atomic E-state index is 0. The second-order valence-electron chi connectivity index (χ2n) is 15.1. The van der Waals surface area contributed by atoms with Crippen LogP contribution in [0.2, 0.25) is 0 Å². The van der Waals surface area contributed by atoms with Crippen LogP contribution < -0.4 is 79.7 Å². The van der Waals surface area contributed by atoms with Crippen molar-refractivity contribution in [2.45, 2.75) is 0 Å². The molecule has 8 nitrogen and oxygen atoms in total. The van der Waals surface area contributed by atoms with Gasteiger partial charge >= 0.3 is 44.8 Å². The first-order valence-electron chi connectivity index (χ1n) is 20.6. The maximum Gasteiger partial charge on any atom is 1.00 e. The van der Waals surface area contributed by atoms with Crippen LogP contribution in [0.3, 0.4) is 0 Å². The third-order valence-electron chi connectivity index (χ3n) is 10.5. The molecule has 0 aliphatic rings. The van der Waals surface area contributed by atoms with Gasteiger partial charge in [0.25, 0.3) is 0 Å². The molecule has 0 spiro atoms. The Labute approximate surface area is 460 Å². The van der Waals surface area contributed by atoms with Crippen molar-refractivity contribution in [3.8, 4) is 0 Å². The minimum Gasteiger partial charge on any atom is -0.573 e. The zero-order valence-corrected chi connectivity index (χ0v) is 47.2. The van der Waals surface area contributed by atoms with Crippen LogP contribution in [0.4, 0.5) is 0 Å². The fourth-order valence-corrected chi connectivity index (χ4v) is 28.5. The molecule has 0 aromatic heterocycles. The molecule has 0 unspecified atom stereocenters. The van der Waals surface area contributed by atoms with E-state index in [4.69, 9.17) is 61.8 Å². The predicted molar refractivity (Wildman–Crippen MR) is 271 cm³/mol. The van der Waals surface area contributed by atoms with Crippen LogP contribution in [-0.2, 0) is 69.3 Å². The second kappa shape index (κ2) is 29.1. The average Bonchev–Trinajstić information content (AvgIpc) is 3.35. The summed E-state index contributed by atoms with van der Waals surface area (Å²) in [5.41, 5.74) is 0. The molecular formula is C52H48Ag2Cl2O8P4S2. The molecular weight excluding hydrogens is 1230 g/mol. The van der Waals surface area contributed by atoms with Gasteiger partial charge in [0.05, 0.1) is 42.4 Å². The third kappa shape index (κ3) is 18.7. The molecule has 0 radical (unpaired) electrons. The maximum absolute atomic E-state index is 8.49. The van der Waals surface area contributed by atoms with Gasteiger partial charge < -0.3 is 24.5 Å². The zero-order valence-electron chi connectivity index (χ0n) is 37.5. The summed E-state index contributed by atoms with van der Waals surface area (Å²) >= 11 is 13.1. The smallest absolute Gasteiger partial charge is 0.573 e. The van der Waals surface area contributed by atoms with Gasteiger partial charge in [-0.3, -0.25) is 0 Å². The van der Waals surface area contributed by atoms with Crippen LogP contribution in [0.1, 0.15) is 0 Å². The molecule has 0 aliphatic heterocycles. The fourth-order valence-electron chi connectivity index (χ4n) is 7.33. The first-order valence-corrected chi connectivity index (χ1v) is 33.4. The average molecular weight is 1280 g/mol. The Morgan fingerprint density at radius 1 is 0.271 bits per heavy atom. The van der Waals surface area contributed by atoms with Crippen LogP contribution in [0.25, 0.3) is 0 Å². The SMILES string of the molecule is C[P+]([CH-][P+]([S-])(c1ccccc1)c1ccccc1)(c1ccccc1)c1ccccc1.C[P+]([CH-][P+]([S-])(c1ccccc1)c1ccccc1)(c1ccccc1)c1ccccc1.[Ag+].[Ag+].[O-][Cl+3]([O-])([O-])[O-].[O-][Cl+3]([O-])([O-])[O-]. The van der Waals surface area contributed by atoms with Gasteiger partial charge in [0.1, 0.15) is 0 Å². The molecule has 0 aliphatic carbocycles. The summed E-state index contributed by atoms with van der Waals surface area (Å²) in [5, 5.41) is 10.5. The molecule has 0 heterocycles. The Bertz CT molecular complexity index is 2150. The largest absolute Gasteiger partial charge is 1.00 e. The topological polar surface area (TPSA) is 184 Å². The summed E-state index contributed by atoms with van der Waals surface area (Å²) in [6.45, 7) is 0.577. The van der Waals surface area contributed by atoms with Crippen molar-refractivity contribution in [2.75, 3.05) is 13.3 Å². The van der Waals surface area contributed by atoms with Gasteiger partial charge in [0, 0.05) is 13.3 Å². The van der Waals surface area contributed by atoms with Crippen LogP contribution in [0.15, 0.2) is 243 Å². The van der Waals surface area contributed by atoms with E-state index in [1.54, 1.807) is 0 Å². The van der Waals surface area contributed by atoms with E-state index in [1.165, 1.54) is 42.4 Å². The molecule has 8 aromatic carbocycles. The van der Waals surface area contributed by atoms with Crippen LogP contribution in [-0.4, -0.2) is 13.3 Å². The second-order valence-corrected chi connectivity index (χ2v) is 33.0. The fraction of sp³-hybridized carbons (Fsp3) is 0.0385. The number of benzene rings is 8. The van der Waals surface area contributed by atoms with Gasteiger partial charge in [0.2, 0.25) is 0 Å². The summed E-state index contributed by atoms with van der Waals surface area (Å²) in [6, 6.07) is 86.2. The molecule has 0 bridgehead atoms. The Balaban J connectivity index is 0.000000303. The van der Waals surface area contributed by atoms with Crippen molar-refractivity contribution in [1.82, 2.24) is 0 Å². The molecule has 0 atom stereocenters. The standard InChI is InChI=1S/2C26H24P2S.2Ag.2ClHO4/c2*1-27(23-14-6-2-7-15-23,24-16-8-3-9-17-24)22-28(29,25-18-10-4-11-19-25)26-20-12-5-13-21-26;;;2*2-1(3,4)5/h2*2-22H,1H3;;;2*(H,2,3,4,5)/q;;2*+1;;/p-2. The van der Waals surface area contributed by atoms with E-state index in [1.807, 2.05) is 0 Å².